The molecule has 3 nitrogen and oxygen atoms in total. The lowest BCUT2D eigenvalue weighted by Crippen LogP contribution is -2.41. The molecule has 2 unspecified atom stereocenters. The molecule has 1 aromatic carbocycles. The number of carbonyl (C=O) groups excluding carboxylic acids is 1. The van der Waals surface area contributed by atoms with Crippen LogP contribution in [0.4, 0.5) is 5.69 Å². The highest BCUT2D eigenvalue weighted by Gasteiger charge is 2.35. The van der Waals surface area contributed by atoms with Crippen LogP contribution >= 0.6 is 0 Å². The Hall–Kier alpha value is -1.35. The minimum absolute atomic E-state index is 0.0427. The second-order valence-electron chi connectivity index (χ2n) is 5.07. The molecule has 1 heterocycles. The first-order valence-corrected chi connectivity index (χ1v) is 6.42. The van der Waals surface area contributed by atoms with Gasteiger partial charge in [0.15, 0.2) is 0 Å². The number of benzene rings is 1. The van der Waals surface area contributed by atoms with E-state index >= 15 is 0 Å². The molecule has 1 aliphatic heterocycles. The average molecular weight is 230 g/mol. The Morgan fingerprint density at radius 2 is 2.12 bits per heavy atom. The van der Waals surface area contributed by atoms with E-state index in [2.05, 4.69) is 6.07 Å². The first-order chi connectivity index (χ1) is 8.27. The number of para-hydroxylation sites is 1. The van der Waals surface area contributed by atoms with Gasteiger partial charge in [-0.2, -0.15) is 0 Å². The Balaban J connectivity index is 1.84. The molecule has 1 aromatic rings. The first kappa shape index (κ1) is 10.8. The quantitative estimate of drug-likeness (QED) is 0.798. The van der Waals surface area contributed by atoms with E-state index in [1.165, 1.54) is 5.56 Å². The second-order valence-corrected chi connectivity index (χ2v) is 5.07. The highest BCUT2D eigenvalue weighted by atomic mass is 16.2. The van der Waals surface area contributed by atoms with Gasteiger partial charge >= 0.3 is 0 Å². The maximum absolute atomic E-state index is 12.5. The van der Waals surface area contributed by atoms with Crippen molar-refractivity contribution < 1.29 is 4.79 Å². The molecule has 0 radical (unpaired) electrons. The molecule has 2 atom stereocenters. The van der Waals surface area contributed by atoms with Gasteiger partial charge in [0.25, 0.3) is 0 Å². The van der Waals surface area contributed by atoms with Gasteiger partial charge in [0.1, 0.15) is 0 Å². The molecular formula is C14H18N2O. The molecule has 1 aliphatic carbocycles. The third-order valence-corrected chi connectivity index (χ3v) is 4.04. The van der Waals surface area contributed by atoms with Crippen LogP contribution in [0.15, 0.2) is 24.3 Å². The third kappa shape index (κ3) is 1.75. The van der Waals surface area contributed by atoms with Gasteiger partial charge in [0, 0.05) is 18.3 Å². The van der Waals surface area contributed by atoms with Crippen molar-refractivity contribution in [2.45, 2.75) is 31.7 Å². The van der Waals surface area contributed by atoms with Crippen molar-refractivity contribution in [3.8, 4) is 0 Å². The van der Waals surface area contributed by atoms with Crippen molar-refractivity contribution in [2.24, 2.45) is 11.7 Å². The Bertz CT molecular complexity index is 444. The summed E-state index contributed by atoms with van der Waals surface area (Å²) >= 11 is 0. The zero-order chi connectivity index (χ0) is 11.8. The minimum Gasteiger partial charge on any atom is -0.327 e. The fourth-order valence-corrected chi connectivity index (χ4v) is 3.06. The monoisotopic (exact) mass is 230 g/mol. The summed E-state index contributed by atoms with van der Waals surface area (Å²) in [7, 11) is 0. The average Bonchev–Trinajstić information content (AvgIpc) is 2.94. The van der Waals surface area contributed by atoms with Gasteiger partial charge in [-0.3, -0.25) is 4.79 Å². The van der Waals surface area contributed by atoms with E-state index in [1.807, 2.05) is 23.1 Å². The van der Waals surface area contributed by atoms with Crippen molar-refractivity contribution in [1.29, 1.82) is 0 Å². The fourth-order valence-electron chi connectivity index (χ4n) is 3.06. The number of fused-ring (bicyclic) bond motifs is 1. The van der Waals surface area contributed by atoms with Gasteiger partial charge in [-0.25, -0.2) is 0 Å². The second kappa shape index (κ2) is 4.15. The van der Waals surface area contributed by atoms with Gasteiger partial charge in [0.05, 0.1) is 5.92 Å². The molecule has 0 saturated heterocycles. The van der Waals surface area contributed by atoms with Gasteiger partial charge in [-0.1, -0.05) is 24.6 Å². The van der Waals surface area contributed by atoms with Crippen LogP contribution in [0.2, 0.25) is 0 Å². The van der Waals surface area contributed by atoms with Crippen LogP contribution in [0, 0.1) is 5.92 Å². The van der Waals surface area contributed by atoms with Gasteiger partial charge in [-0.05, 0) is 30.9 Å². The number of anilines is 1. The number of amides is 1. The molecule has 2 aliphatic rings. The van der Waals surface area contributed by atoms with Crippen molar-refractivity contribution in [1.82, 2.24) is 0 Å². The van der Waals surface area contributed by atoms with E-state index in [1.54, 1.807) is 0 Å². The lowest BCUT2D eigenvalue weighted by Gasteiger charge is -2.23. The number of rotatable bonds is 1. The first-order valence-electron chi connectivity index (χ1n) is 6.42. The van der Waals surface area contributed by atoms with Crippen LogP contribution in [0.5, 0.6) is 0 Å². The van der Waals surface area contributed by atoms with Crippen LogP contribution < -0.4 is 10.6 Å². The van der Waals surface area contributed by atoms with E-state index in [-0.39, 0.29) is 17.9 Å². The maximum atomic E-state index is 12.5. The van der Waals surface area contributed by atoms with Crippen molar-refractivity contribution >= 4 is 11.6 Å². The summed E-state index contributed by atoms with van der Waals surface area (Å²) in [6.07, 6.45) is 4.02. The largest absolute Gasteiger partial charge is 0.327 e. The molecule has 2 N–H and O–H groups in total. The van der Waals surface area contributed by atoms with E-state index in [4.69, 9.17) is 5.73 Å². The predicted molar refractivity (Wildman–Crippen MR) is 67.8 cm³/mol. The highest BCUT2D eigenvalue weighted by molar-refractivity contribution is 5.97. The van der Waals surface area contributed by atoms with E-state index < -0.39 is 0 Å². The van der Waals surface area contributed by atoms with E-state index in [0.29, 0.717) is 0 Å². The SMILES string of the molecule is NC1CCCC1C(=O)N1CCc2ccccc21. The Morgan fingerprint density at radius 3 is 2.88 bits per heavy atom. The minimum atomic E-state index is 0.0427. The summed E-state index contributed by atoms with van der Waals surface area (Å²) in [5.74, 6) is 0.279. The van der Waals surface area contributed by atoms with Crippen LogP contribution in [0.3, 0.4) is 0 Å². The lowest BCUT2D eigenvalue weighted by atomic mass is 10.0. The molecule has 17 heavy (non-hydrogen) atoms. The van der Waals surface area contributed by atoms with Crippen molar-refractivity contribution in [2.75, 3.05) is 11.4 Å². The van der Waals surface area contributed by atoms with Gasteiger partial charge in [0.2, 0.25) is 5.91 Å². The smallest absolute Gasteiger partial charge is 0.231 e. The number of hydrogen-bond donors (Lipinski definition) is 1. The molecule has 1 fully saturated rings. The standard InChI is InChI=1S/C14H18N2O/c15-12-6-3-5-11(12)14(17)16-9-8-10-4-1-2-7-13(10)16/h1-2,4,7,11-12H,3,5-6,8-9,15H2. The summed E-state index contributed by atoms with van der Waals surface area (Å²) in [5.41, 5.74) is 8.40. The highest BCUT2D eigenvalue weighted by Crippen LogP contribution is 2.32. The molecule has 3 heteroatoms. The number of hydrogen-bond acceptors (Lipinski definition) is 2. The molecule has 1 amide bonds. The maximum Gasteiger partial charge on any atom is 0.231 e. The normalized spacial score (nSPS) is 27.2. The molecule has 90 valence electrons. The molecule has 0 spiro atoms. The Labute approximate surface area is 102 Å². The zero-order valence-electron chi connectivity index (χ0n) is 9.93. The summed E-state index contributed by atoms with van der Waals surface area (Å²) < 4.78 is 0. The van der Waals surface area contributed by atoms with Crippen LogP contribution in [-0.4, -0.2) is 18.5 Å². The van der Waals surface area contributed by atoms with Gasteiger partial charge < -0.3 is 10.6 Å². The summed E-state index contributed by atoms with van der Waals surface area (Å²) in [6.45, 7) is 0.821. The predicted octanol–water partition coefficient (Wildman–Crippen LogP) is 1.70. The topological polar surface area (TPSA) is 46.3 Å². The zero-order valence-corrected chi connectivity index (χ0v) is 9.93. The summed E-state index contributed by atoms with van der Waals surface area (Å²) in [5, 5.41) is 0. The molecule has 0 aromatic heterocycles. The molecular weight excluding hydrogens is 212 g/mol. The molecule has 1 saturated carbocycles. The Morgan fingerprint density at radius 1 is 1.29 bits per heavy atom. The molecule has 0 bridgehead atoms. The number of nitrogens with two attached hydrogens (primary N) is 1. The van der Waals surface area contributed by atoms with Gasteiger partial charge in [-0.15, -0.1) is 0 Å². The molecule has 3 rings (SSSR count). The van der Waals surface area contributed by atoms with E-state index in [0.717, 1.165) is 37.9 Å². The summed E-state index contributed by atoms with van der Waals surface area (Å²) in [4.78, 5) is 14.4. The fraction of sp³-hybridized carbons (Fsp3) is 0.500. The Kier molecular flexibility index (Phi) is 2.63. The van der Waals surface area contributed by atoms with Crippen molar-refractivity contribution in [3.63, 3.8) is 0 Å². The van der Waals surface area contributed by atoms with Crippen LogP contribution in [0.1, 0.15) is 24.8 Å². The summed E-state index contributed by atoms with van der Waals surface area (Å²) in [6, 6.07) is 8.25. The van der Waals surface area contributed by atoms with E-state index in [9.17, 15) is 4.79 Å². The van der Waals surface area contributed by atoms with Crippen LogP contribution in [-0.2, 0) is 11.2 Å². The lowest BCUT2D eigenvalue weighted by molar-refractivity contribution is -0.122. The third-order valence-electron chi connectivity index (χ3n) is 4.04. The van der Waals surface area contributed by atoms with Crippen molar-refractivity contribution in [3.05, 3.63) is 29.8 Å². The number of nitrogens with zero attached hydrogens (tertiary/aromatic N) is 1. The van der Waals surface area contributed by atoms with Crippen LogP contribution in [0.25, 0.3) is 0 Å². The number of carbonyl (C=O) groups is 1.